The molecule has 1 aliphatic rings. The fourth-order valence-corrected chi connectivity index (χ4v) is 3.48. The summed E-state index contributed by atoms with van der Waals surface area (Å²) in [6.45, 7) is -0.0765. The van der Waals surface area contributed by atoms with E-state index in [1.54, 1.807) is 0 Å². The number of ether oxygens (including phenoxy) is 1. The number of alkyl carbamates (subject to hydrolysis) is 1. The van der Waals surface area contributed by atoms with Crippen molar-refractivity contribution < 1.29 is 24.2 Å². The highest BCUT2D eigenvalue weighted by atomic mass is 16.5. The van der Waals surface area contributed by atoms with Gasteiger partial charge in [-0.15, -0.1) is 12.3 Å². The van der Waals surface area contributed by atoms with Crippen molar-refractivity contribution in [1.82, 2.24) is 10.6 Å². The van der Waals surface area contributed by atoms with Crippen molar-refractivity contribution in [2.75, 3.05) is 13.2 Å². The highest BCUT2D eigenvalue weighted by molar-refractivity contribution is 5.88. The molecule has 7 nitrogen and oxygen atoms in total. The second-order valence-corrected chi connectivity index (χ2v) is 6.76. The Morgan fingerprint density at radius 1 is 1.06 bits per heavy atom. The van der Waals surface area contributed by atoms with Crippen molar-refractivity contribution in [2.24, 2.45) is 0 Å². The molecule has 0 aliphatic heterocycles. The quantitative estimate of drug-likeness (QED) is 0.626. The third-order valence-corrected chi connectivity index (χ3v) is 4.82. The summed E-state index contributed by atoms with van der Waals surface area (Å²) in [6.07, 6.45) is 4.47. The summed E-state index contributed by atoms with van der Waals surface area (Å²) in [5.41, 5.74) is 4.37. The molecule has 2 aromatic rings. The van der Waals surface area contributed by atoms with Crippen LogP contribution in [0.4, 0.5) is 4.79 Å². The normalized spacial score (nSPS) is 12.2. The first kappa shape index (κ1) is 21.5. The number of carbonyl (C=O) groups excluding carboxylic acids is 2. The van der Waals surface area contributed by atoms with Gasteiger partial charge in [0.2, 0.25) is 5.91 Å². The largest absolute Gasteiger partial charge is 0.472 e. The van der Waals surface area contributed by atoms with Crippen molar-refractivity contribution in [3.63, 3.8) is 0 Å². The maximum Gasteiger partial charge on any atom is 0.407 e. The zero-order valence-corrected chi connectivity index (χ0v) is 16.6. The molecule has 1 aliphatic carbocycles. The van der Waals surface area contributed by atoms with Crippen LogP contribution < -0.4 is 10.6 Å². The second kappa shape index (κ2) is 10.00. The van der Waals surface area contributed by atoms with Gasteiger partial charge >= 0.3 is 12.1 Å². The number of aliphatic carboxylic acids is 1. The topological polar surface area (TPSA) is 105 Å². The standard InChI is InChI=1S/C24H20N2O5/c1-2-8-21(23(29)25-14-7-13-22(27)28)26-24(30)31-15-20-18-11-5-3-9-16(18)17-10-4-6-12-19(17)20/h1,3-6,9-12,20-21H,8,14-15H2,(H,25,29)(H,26,30)(H,27,28). The van der Waals surface area contributed by atoms with Crippen molar-refractivity contribution >= 4 is 18.0 Å². The van der Waals surface area contributed by atoms with E-state index in [-0.39, 0.29) is 25.5 Å². The SMILES string of the molecule is C#CCC(NC(=O)OCC1c2ccccc2-c2ccccc21)C(=O)NCC#CC(=O)O. The summed E-state index contributed by atoms with van der Waals surface area (Å²) in [4.78, 5) is 34.9. The number of hydrogen-bond acceptors (Lipinski definition) is 4. The van der Waals surface area contributed by atoms with Gasteiger partial charge < -0.3 is 20.5 Å². The number of carbonyl (C=O) groups is 3. The molecular weight excluding hydrogens is 396 g/mol. The average Bonchev–Trinajstić information content (AvgIpc) is 3.08. The molecule has 2 aromatic carbocycles. The Kier molecular flexibility index (Phi) is 6.93. The van der Waals surface area contributed by atoms with Crippen LogP contribution >= 0.6 is 0 Å². The summed E-state index contributed by atoms with van der Waals surface area (Å²) < 4.78 is 5.42. The molecule has 0 saturated heterocycles. The summed E-state index contributed by atoms with van der Waals surface area (Å²) in [5.74, 6) is 4.49. The molecule has 3 rings (SSSR count). The molecule has 0 aromatic heterocycles. The van der Waals surface area contributed by atoms with Crippen LogP contribution in [0, 0.1) is 24.2 Å². The number of rotatable bonds is 6. The molecule has 0 fully saturated rings. The average molecular weight is 416 g/mol. The van der Waals surface area contributed by atoms with Gasteiger partial charge in [0.15, 0.2) is 0 Å². The summed E-state index contributed by atoms with van der Waals surface area (Å²) in [6, 6.07) is 14.9. The van der Waals surface area contributed by atoms with Crippen LogP contribution in [0.3, 0.4) is 0 Å². The molecule has 0 saturated carbocycles. The maximum atomic E-state index is 12.3. The van der Waals surface area contributed by atoms with Crippen LogP contribution in [0.25, 0.3) is 11.1 Å². The van der Waals surface area contributed by atoms with Gasteiger partial charge in [-0.25, -0.2) is 9.59 Å². The summed E-state index contributed by atoms with van der Waals surface area (Å²) in [5, 5.41) is 13.3. The molecular formula is C24H20N2O5. The van der Waals surface area contributed by atoms with Crippen LogP contribution in [0.5, 0.6) is 0 Å². The van der Waals surface area contributed by atoms with E-state index in [4.69, 9.17) is 16.3 Å². The molecule has 0 radical (unpaired) electrons. The highest BCUT2D eigenvalue weighted by Gasteiger charge is 2.29. The van der Waals surface area contributed by atoms with E-state index < -0.39 is 24.0 Å². The predicted octanol–water partition coefficient (Wildman–Crippen LogP) is 2.12. The smallest absolute Gasteiger partial charge is 0.407 e. The molecule has 31 heavy (non-hydrogen) atoms. The lowest BCUT2D eigenvalue weighted by Crippen LogP contribution is -2.47. The van der Waals surface area contributed by atoms with E-state index in [9.17, 15) is 14.4 Å². The van der Waals surface area contributed by atoms with Crippen molar-refractivity contribution in [2.45, 2.75) is 18.4 Å². The summed E-state index contributed by atoms with van der Waals surface area (Å²) >= 11 is 0. The van der Waals surface area contributed by atoms with Crippen molar-refractivity contribution in [3.8, 4) is 35.3 Å². The fourth-order valence-electron chi connectivity index (χ4n) is 3.48. The van der Waals surface area contributed by atoms with E-state index in [2.05, 4.69) is 22.5 Å². The lowest BCUT2D eigenvalue weighted by atomic mass is 9.98. The number of hydrogen-bond donors (Lipinski definition) is 3. The number of benzene rings is 2. The Morgan fingerprint density at radius 3 is 2.26 bits per heavy atom. The number of carboxylic acids is 1. The van der Waals surface area contributed by atoms with E-state index >= 15 is 0 Å². The van der Waals surface area contributed by atoms with Crippen LogP contribution in [0.2, 0.25) is 0 Å². The Balaban J connectivity index is 1.61. The van der Waals surface area contributed by atoms with E-state index in [1.807, 2.05) is 54.5 Å². The molecule has 2 amide bonds. The van der Waals surface area contributed by atoms with E-state index in [1.165, 1.54) is 0 Å². The second-order valence-electron chi connectivity index (χ2n) is 6.76. The fraction of sp³-hybridized carbons (Fsp3) is 0.208. The van der Waals surface area contributed by atoms with Crippen LogP contribution in [0.1, 0.15) is 23.5 Å². The van der Waals surface area contributed by atoms with Gasteiger partial charge in [-0.05, 0) is 22.3 Å². The number of nitrogens with one attached hydrogen (secondary N) is 2. The predicted molar refractivity (Wildman–Crippen MR) is 114 cm³/mol. The third kappa shape index (κ3) is 5.23. The minimum absolute atomic E-state index is 0.0532. The van der Waals surface area contributed by atoms with Crippen molar-refractivity contribution in [1.29, 1.82) is 0 Å². The highest BCUT2D eigenvalue weighted by Crippen LogP contribution is 2.44. The molecule has 1 unspecified atom stereocenters. The zero-order valence-electron chi connectivity index (χ0n) is 16.6. The molecule has 0 spiro atoms. The zero-order chi connectivity index (χ0) is 22.2. The van der Waals surface area contributed by atoms with Gasteiger partial charge in [0.1, 0.15) is 12.6 Å². The molecule has 7 heteroatoms. The van der Waals surface area contributed by atoms with Crippen molar-refractivity contribution in [3.05, 3.63) is 59.7 Å². The lowest BCUT2D eigenvalue weighted by molar-refractivity contribution is -0.130. The van der Waals surface area contributed by atoms with Gasteiger partial charge in [0.05, 0.1) is 6.54 Å². The first-order valence-electron chi connectivity index (χ1n) is 9.55. The van der Waals surface area contributed by atoms with E-state index in [0.717, 1.165) is 22.3 Å². The Hall–Kier alpha value is -4.23. The van der Waals surface area contributed by atoms with Crippen LogP contribution in [-0.2, 0) is 14.3 Å². The minimum atomic E-state index is -1.30. The molecule has 156 valence electrons. The molecule has 1 atom stereocenters. The molecule has 0 heterocycles. The Bertz CT molecular complexity index is 1060. The van der Waals surface area contributed by atoms with Crippen LogP contribution in [0.15, 0.2) is 48.5 Å². The first-order chi connectivity index (χ1) is 15.0. The first-order valence-corrected chi connectivity index (χ1v) is 9.55. The number of carboxylic acid groups (broad SMARTS) is 1. The Morgan fingerprint density at radius 2 is 1.68 bits per heavy atom. The third-order valence-electron chi connectivity index (χ3n) is 4.82. The number of terminal acetylenes is 1. The van der Waals surface area contributed by atoms with Gasteiger partial charge in [-0.3, -0.25) is 4.79 Å². The van der Waals surface area contributed by atoms with E-state index in [0.29, 0.717) is 0 Å². The van der Waals surface area contributed by atoms with Gasteiger partial charge in [-0.1, -0.05) is 54.5 Å². The van der Waals surface area contributed by atoms with Crippen LogP contribution in [-0.4, -0.2) is 42.3 Å². The number of amides is 2. The minimum Gasteiger partial charge on any atom is -0.472 e. The lowest BCUT2D eigenvalue weighted by Gasteiger charge is -2.18. The Labute approximate surface area is 179 Å². The maximum absolute atomic E-state index is 12.3. The molecule has 3 N–H and O–H groups in total. The van der Waals surface area contributed by atoms with Gasteiger partial charge in [0.25, 0.3) is 0 Å². The van der Waals surface area contributed by atoms with Gasteiger partial charge in [-0.2, -0.15) is 0 Å². The monoisotopic (exact) mass is 416 g/mol. The number of fused-ring (bicyclic) bond motifs is 3. The summed E-state index contributed by atoms with van der Waals surface area (Å²) in [7, 11) is 0. The van der Waals surface area contributed by atoms with Gasteiger partial charge in [0, 0.05) is 18.3 Å². The molecule has 0 bridgehead atoms.